The molecular formula is C15H21N3. The lowest BCUT2D eigenvalue weighted by atomic mass is 9.88. The van der Waals surface area contributed by atoms with Gasteiger partial charge in [-0.3, -0.25) is 9.97 Å². The average Bonchev–Trinajstić information content (AvgIpc) is 2.44. The van der Waals surface area contributed by atoms with E-state index in [9.17, 15) is 0 Å². The monoisotopic (exact) mass is 243 g/mol. The van der Waals surface area contributed by atoms with E-state index in [1.54, 1.807) is 12.4 Å². The Kier molecular flexibility index (Phi) is 4.26. The first-order valence-electron chi connectivity index (χ1n) is 6.68. The molecule has 1 unspecified atom stereocenters. The number of hydrogen-bond acceptors (Lipinski definition) is 3. The quantitative estimate of drug-likeness (QED) is 0.875. The summed E-state index contributed by atoms with van der Waals surface area (Å²) in [7, 11) is 2.03. The molecule has 96 valence electrons. The maximum atomic E-state index is 4.50. The Bertz CT molecular complexity index is 501. The van der Waals surface area contributed by atoms with Crippen LogP contribution in [0.5, 0.6) is 0 Å². The molecule has 0 aliphatic heterocycles. The van der Waals surface area contributed by atoms with E-state index in [0.29, 0.717) is 12.0 Å². The summed E-state index contributed by atoms with van der Waals surface area (Å²) >= 11 is 0. The predicted octanol–water partition coefficient (Wildman–Crippen LogP) is 3.33. The van der Waals surface area contributed by atoms with Gasteiger partial charge >= 0.3 is 0 Å². The number of fused-ring (bicyclic) bond motifs is 1. The highest BCUT2D eigenvalue weighted by Crippen LogP contribution is 2.30. The van der Waals surface area contributed by atoms with Gasteiger partial charge < -0.3 is 5.32 Å². The van der Waals surface area contributed by atoms with Crippen LogP contribution in [-0.2, 0) is 0 Å². The van der Waals surface area contributed by atoms with Crippen LogP contribution >= 0.6 is 0 Å². The first kappa shape index (κ1) is 13.0. The molecule has 1 aromatic carbocycles. The Labute approximate surface area is 109 Å². The summed E-state index contributed by atoms with van der Waals surface area (Å²) in [6.45, 7) is 4.49. The molecule has 0 spiro atoms. The molecule has 0 fully saturated rings. The topological polar surface area (TPSA) is 37.8 Å². The minimum Gasteiger partial charge on any atom is -0.313 e. The van der Waals surface area contributed by atoms with Crippen LogP contribution in [0.15, 0.2) is 30.6 Å². The van der Waals surface area contributed by atoms with Gasteiger partial charge in [0.2, 0.25) is 0 Å². The number of nitrogens with zero attached hydrogens (tertiary/aromatic N) is 2. The number of rotatable bonds is 5. The second-order valence-electron chi connectivity index (χ2n) is 4.61. The van der Waals surface area contributed by atoms with Gasteiger partial charge in [0.15, 0.2) is 0 Å². The van der Waals surface area contributed by atoms with Gasteiger partial charge in [-0.05, 0) is 24.6 Å². The van der Waals surface area contributed by atoms with E-state index < -0.39 is 0 Å². The van der Waals surface area contributed by atoms with E-state index in [0.717, 1.165) is 11.0 Å². The first-order chi connectivity index (χ1) is 8.81. The molecule has 1 N–H and O–H groups in total. The van der Waals surface area contributed by atoms with Gasteiger partial charge in [0.05, 0.1) is 11.0 Å². The fourth-order valence-corrected chi connectivity index (χ4v) is 2.67. The second kappa shape index (κ2) is 5.91. The van der Waals surface area contributed by atoms with Crippen LogP contribution in [0.2, 0.25) is 0 Å². The van der Waals surface area contributed by atoms with Crippen molar-refractivity contribution in [3.8, 4) is 0 Å². The Morgan fingerprint density at radius 2 is 1.83 bits per heavy atom. The molecule has 0 saturated heterocycles. The molecule has 2 aromatic rings. The maximum absolute atomic E-state index is 4.50. The van der Waals surface area contributed by atoms with Gasteiger partial charge in [-0.15, -0.1) is 0 Å². The lowest BCUT2D eigenvalue weighted by Gasteiger charge is -2.25. The van der Waals surface area contributed by atoms with Gasteiger partial charge in [-0.1, -0.05) is 38.8 Å². The van der Waals surface area contributed by atoms with Crippen molar-refractivity contribution in [3.05, 3.63) is 36.2 Å². The molecule has 0 bridgehead atoms. The van der Waals surface area contributed by atoms with Crippen molar-refractivity contribution < 1.29 is 0 Å². The number of para-hydroxylation sites is 1. The zero-order chi connectivity index (χ0) is 13.0. The SMILES string of the molecule is CCC(CC)C(NC)c1cccc2nccnc12. The number of benzene rings is 1. The van der Waals surface area contributed by atoms with Crippen LogP contribution in [0.25, 0.3) is 11.0 Å². The molecular weight excluding hydrogens is 222 g/mol. The molecule has 1 atom stereocenters. The van der Waals surface area contributed by atoms with Crippen molar-refractivity contribution in [1.29, 1.82) is 0 Å². The Morgan fingerprint density at radius 1 is 1.11 bits per heavy atom. The second-order valence-corrected chi connectivity index (χ2v) is 4.61. The van der Waals surface area contributed by atoms with E-state index >= 15 is 0 Å². The summed E-state index contributed by atoms with van der Waals surface area (Å²) < 4.78 is 0. The highest BCUT2D eigenvalue weighted by Gasteiger charge is 2.21. The molecule has 0 saturated carbocycles. The Hall–Kier alpha value is -1.48. The number of aromatic nitrogens is 2. The largest absolute Gasteiger partial charge is 0.313 e. The van der Waals surface area contributed by atoms with Gasteiger partial charge in [-0.2, -0.15) is 0 Å². The fraction of sp³-hybridized carbons (Fsp3) is 0.467. The third-order valence-corrected chi connectivity index (χ3v) is 3.70. The highest BCUT2D eigenvalue weighted by atomic mass is 14.9. The summed E-state index contributed by atoms with van der Waals surface area (Å²) in [6, 6.07) is 6.60. The van der Waals surface area contributed by atoms with Crippen LogP contribution in [0.3, 0.4) is 0 Å². The van der Waals surface area contributed by atoms with E-state index in [2.05, 4.69) is 41.3 Å². The Morgan fingerprint density at radius 3 is 2.50 bits per heavy atom. The van der Waals surface area contributed by atoms with E-state index in [1.165, 1.54) is 18.4 Å². The normalized spacial score (nSPS) is 13.1. The fourth-order valence-electron chi connectivity index (χ4n) is 2.67. The first-order valence-corrected chi connectivity index (χ1v) is 6.68. The van der Waals surface area contributed by atoms with Crippen LogP contribution < -0.4 is 5.32 Å². The van der Waals surface area contributed by atoms with Crippen LogP contribution in [0.4, 0.5) is 0 Å². The van der Waals surface area contributed by atoms with Crippen molar-refractivity contribution >= 4 is 11.0 Å². The lowest BCUT2D eigenvalue weighted by molar-refractivity contribution is 0.361. The van der Waals surface area contributed by atoms with Crippen molar-refractivity contribution in [2.24, 2.45) is 5.92 Å². The van der Waals surface area contributed by atoms with Crippen LogP contribution in [-0.4, -0.2) is 17.0 Å². The Balaban J connectivity index is 2.51. The summed E-state index contributed by atoms with van der Waals surface area (Å²) in [5.41, 5.74) is 3.25. The van der Waals surface area contributed by atoms with Crippen molar-refractivity contribution in [2.45, 2.75) is 32.7 Å². The van der Waals surface area contributed by atoms with Crippen molar-refractivity contribution in [2.75, 3.05) is 7.05 Å². The van der Waals surface area contributed by atoms with E-state index in [4.69, 9.17) is 0 Å². The summed E-state index contributed by atoms with van der Waals surface area (Å²) in [4.78, 5) is 8.88. The molecule has 0 aliphatic rings. The van der Waals surface area contributed by atoms with Gasteiger partial charge in [0, 0.05) is 18.4 Å². The molecule has 1 heterocycles. The van der Waals surface area contributed by atoms with E-state index in [-0.39, 0.29) is 0 Å². The van der Waals surface area contributed by atoms with Crippen molar-refractivity contribution in [1.82, 2.24) is 15.3 Å². The summed E-state index contributed by atoms with van der Waals surface area (Å²) in [5, 5.41) is 3.44. The summed E-state index contributed by atoms with van der Waals surface area (Å²) in [5.74, 6) is 0.627. The standard InChI is InChI=1S/C15H21N3/c1-4-11(5-2)14(16-3)12-7-6-8-13-15(12)18-10-9-17-13/h6-11,14,16H,4-5H2,1-3H3. The molecule has 3 nitrogen and oxygen atoms in total. The highest BCUT2D eigenvalue weighted by molar-refractivity contribution is 5.78. The van der Waals surface area contributed by atoms with Gasteiger partial charge in [-0.25, -0.2) is 0 Å². The molecule has 0 radical (unpaired) electrons. The molecule has 3 heteroatoms. The lowest BCUT2D eigenvalue weighted by Crippen LogP contribution is -2.25. The molecule has 2 rings (SSSR count). The molecule has 0 aliphatic carbocycles. The van der Waals surface area contributed by atoms with Gasteiger partial charge in [0.25, 0.3) is 0 Å². The van der Waals surface area contributed by atoms with Crippen molar-refractivity contribution in [3.63, 3.8) is 0 Å². The maximum Gasteiger partial charge on any atom is 0.0934 e. The zero-order valence-corrected chi connectivity index (χ0v) is 11.4. The molecule has 18 heavy (non-hydrogen) atoms. The van der Waals surface area contributed by atoms with Gasteiger partial charge in [0.1, 0.15) is 0 Å². The third kappa shape index (κ3) is 2.36. The number of hydrogen-bond donors (Lipinski definition) is 1. The zero-order valence-electron chi connectivity index (χ0n) is 11.4. The average molecular weight is 243 g/mol. The van der Waals surface area contributed by atoms with Crippen LogP contribution in [0.1, 0.15) is 38.3 Å². The predicted molar refractivity (Wildman–Crippen MR) is 75.4 cm³/mol. The number of nitrogens with one attached hydrogen (secondary N) is 1. The summed E-state index contributed by atoms with van der Waals surface area (Å²) in [6.07, 6.45) is 5.85. The van der Waals surface area contributed by atoms with E-state index in [1.807, 2.05) is 13.1 Å². The van der Waals surface area contributed by atoms with Crippen LogP contribution in [0, 0.1) is 5.92 Å². The third-order valence-electron chi connectivity index (χ3n) is 3.70. The minimum atomic E-state index is 0.348. The minimum absolute atomic E-state index is 0.348. The molecule has 0 amide bonds. The smallest absolute Gasteiger partial charge is 0.0934 e. The molecule has 1 aromatic heterocycles.